The van der Waals surface area contributed by atoms with Crippen LogP contribution >= 0.6 is 0 Å². The van der Waals surface area contributed by atoms with Crippen LogP contribution in [0.3, 0.4) is 0 Å². The van der Waals surface area contributed by atoms with Crippen LogP contribution < -0.4 is 4.72 Å². The summed E-state index contributed by atoms with van der Waals surface area (Å²) in [6.45, 7) is 10.6. The van der Waals surface area contributed by atoms with Crippen LogP contribution in [0.25, 0.3) is 0 Å². The second-order valence-corrected chi connectivity index (χ2v) is 11.1. The second-order valence-electron chi connectivity index (χ2n) is 9.39. The minimum absolute atomic E-state index is 0.0808. The zero-order valence-electron chi connectivity index (χ0n) is 19.0. The first-order valence-electron chi connectivity index (χ1n) is 9.99. The average molecular weight is 460 g/mol. The molecule has 3 N–H and O–H groups in total. The third-order valence-corrected chi connectivity index (χ3v) is 6.39. The molecule has 1 aliphatic rings. The summed E-state index contributed by atoms with van der Waals surface area (Å²) in [6, 6.07) is 6.03. The van der Waals surface area contributed by atoms with E-state index in [0.29, 0.717) is 0 Å². The van der Waals surface area contributed by atoms with Crippen LogP contribution in [-0.4, -0.2) is 66.4 Å². The number of aliphatic hydroxyl groups is 2. The first-order valence-corrected chi connectivity index (χ1v) is 11.5. The molecule has 1 heterocycles. The fraction of sp³-hybridized carbons (Fsp3) is 0.667. The second kappa shape index (κ2) is 8.76. The normalized spacial score (nSPS) is 24.4. The number of carbonyl (C=O) groups is 1. The molecule has 0 radical (unpaired) electrons. The minimum atomic E-state index is -4.23. The van der Waals surface area contributed by atoms with Crippen molar-refractivity contribution in [2.45, 2.75) is 88.6 Å². The zero-order valence-corrected chi connectivity index (χ0v) is 19.8. The third-order valence-electron chi connectivity index (χ3n) is 4.80. The number of hydrogen-bond donors (Lipinski definition) is 3. The van der Waals surface area contributed by atoms with Gasteiger partial charge in [0.2, 0.25) is 10.0 Å². The van der Waals surface area contributed by atoms with Crippen molar-refractivity contribution < 1.29 is 37.6 Å². The molecule has 0 aromatic heterocycles. The Labute approximate surface area is 183 Å². The molecule has 4 atom stereocenters. The number of carbonyl (C=O) groups excluding carboxylic acids is 1. The number of aliphatic hydroxyl groups excluding tert-OH is 2. The van der Waals surface area contributed by atoms with E-state index < -0.39 is 57.8 Å². The lowest BCUT2D eigenvalue weighted by Crippen LogP contribution is -2.65. The molecule has 1 aromatic rings. The summed E-state index contributed by atoms with van der Waals surface area (Å²) in [5.41, 5.74) is -2.23. The van der Waals surface area contributed by atoms with Gasteiger partial charge in [-0.25, -0.2) is 13.2 Å². The van der Waals surface area contributed by atoms with E-state index in [9.17, 15) is 23.4 Å². The smallest absolute Gasteiger partial charge is 0.330 e. The molecule has 10 heteroatoms. The van der Waals surface area contributed by atoms with Crippen molar-refractivity contribution in [3.63, 3.8) is 0 Å². The van der Waals surface area contributed by atoms with Crippen LogP contribution in [0.4, 0.5) is 0 Å². The van der Waals surface area contributed by atoms with Gasteiger partial charge < -0.3 is 24.4 Å². The Morgan fingerprint density at radius 1 is 1.19 bits per heavy atom. The molecule has 0 spiro atoms. The van der Waals surface area contributed by atoms with E-state index in [-0.39, 0.29) is 4.90 Å². The summed E-state index contributed by atoms with van der Waals surface area (Å²) >= 11 is 0. The Morgan fingerprint density at radius 3 is 2.23 bits per heavy atom. The lowest BCUT2D eigenvalue weighted by atomic mass is 9.89. The minimum Gasteiger partial charge on any atom is -0.458 e. The first-order chi connectivity index (χ1) is 14.0. The molecule has 0 bridgehead atoms. The van der Waals surface area contributed by atoms with Crippen molar-refractivity contribution in [1.29, 1.82) is 0 Å². The van der Waals surface area contributed by atoms with Crippen LogP contribution in [0.1, 0.15) is 47.1 Å². The van der Waals surface area contributed by atoms with Gasteiger partial charge in [-0.3, -0.25) is 0 Å². The molecule has 2 rings (SSSR count). The molecule has 4 unspecified atom stereocenters. The first kappa shape index (κ1) is 25.7. The Hall–Kier alpha value is -1.56. The number of ether oxygens (including phenoxy) is 3. The summed E-state index contributed by atoms with van der Waals surface area (Å²) in [7, 11) is -4.23. The highest BCUT2D eigenvalue weighted by Gasteiger charge is 2.55. The van der Waals surface area contributed by atoms with Gasteiger partial charge in [0, 0.05) is 0 Å². The fourth-order valence-electron chi connectivity index (χ4n) is 3.26. The Morgan fingerprint density at radius 2 is 1.74 bits per heavy atom. The molecule has 1 aliphatic heterocycles. The van der Waals surface area contributed by atoms with E-state index in [4.69, 9.17) is 14.2 Å². The quantitative estimate of drug-likeness (QED) is 0.519. The van der Waals surface area contributed by atoms with Gasteiger partial charge in [0.15, 0.2) is 11.3 Å². The van der Waals surface area contributed by atoms with Gasteiger partial charge in [-0.15, -0.1) is 0 Å². The molecule has 31 heavy (non-hydrogen) atoms. The number of nitrogens with one attached hydrogen (secondary N) is 1. The van der Waals surface area contributed by atoms with Crippen molar-refractivity contribution in [2.24, 2.45) is 0 Å². The van der Waals surface area contributed by atoms with Crippen LogP contribution in [-0.2, 0) is 29.0 Å². The fourth-order valence-corrected chi connectivity index (χ4v) is 4.64. The largest absolute Gasteiger partial charge is 0.458 e. The molecule has 0 saturated carbocycles. The van der Waals surface area contributed by atoms with Crippen molar-refractivity contribution in [1.82, 2.24) is 4.72 Å². The molecule has 0 amide bonds. The summed E-state index contributed by atoms with van der Waals surface area (Å²) in [6.07, 6.45) is -3.91. The van der Waals surface area contributed by atoms with Crippen LogP contribution in [0.15, 0.2) is 29.2 Å². The van der Waals surface area contributed by atoms with Gasteiger partial charge in [0.05, 0.1) is 11.5 Å². The highest BCUT2D eigenvalue weighted by molar-refractivity contribution is 7.89. The number of hydrogen-bond acceptors (Lipinski definition) is 8. The zero-order chi connectivity index (χ0) is 23.8. The van der Waals surface area contributed by atoms with E-state index in [1.54, 1.807) is 46.8 Å². The van der Waals surface area contributed by atoms with E-state index in [0.717, 1.165) is 5.56 Å². The number of rotatable bonds is 7. The van der Waals surface area contributed by atoms with E-state index in [2.05, 4.69) is 4.72 Å². The van der Waals surface area contributed by atoms with E-state index in [1.165, 1.54) is 19.1 Å². The molecular weight excluding hydrogens is 426 g/mol. The lowest BCUT2D eigenvalue weighted by Gasteiger charge is -2.38. The predicted octanol–water partition coefficient (Wildman–Crippen LogP) is 1.25. The maximum atomic E-state index is 13.1. The van der Waals surface area contributed by atoms with Gasteiger partial charge in [-0.1, -0.05) is 17.7 Å². The van der Waals surface area contributed by atoms with Gasteiger partial charge in [0.1, 0.15) is 23.9 Å². The summed E-state index contributed by atoms with van der Waals surface area (Å²) in [5.74, 6) is -2.14. The maximum Gasteiger partial charge on any atom is 0.330 e. The summed E-state index contributed by atoms with van der Waals surface area (Å²) in [4.78, 5) is 13.0. The standard InChI is InChI=1S/C21H33NO8S/c1-13-8-10-14(11-9-13)31(26,27)22-21(7,18(25)30-19(2,3)4)17(24)16-15(12-23)28-20(5,6)29-16/h8-11,15-17,22-24H,12H2,1-7H3. The molecule has 1 aromatic carbocycles. The highest BCUT2D eigenvalue weighted by Crippen LogP contribution is 2.34. The van der Waals surface area contributed by atoms with Crippen LogP contribution in [0.5, 0.6) is 0 Å². The number of esters is 1. The maximum absolute atomic E-state index is 13.1. The van der Waals surface area contributed by atoms with Crippen molar-refractivity contribution in [3.05, 3.63) is 29.8 Å². The topological polar surface area (TPSA) is 131 Å². The summed E-state index contributed by atoms with van der Waals surface area (Å²) in [5, 5.41) is 20.9. The van der Waals surface area contributed by atoms with E-state index >= 15 is 0 Å². The Balaban J connectivity index is 2.48. The molecule has 1 saturated heterocycles. The third kappa shape index (κ3) is 6.03. The predicted molar refractivity (Wildman–Crippen MR) is 113 cm³/mol. The number of benzene rings is 1. The molecule has 1 fully saturated rings. The van der Waals surface area contributed by atoms with Gasteiger partial charge in [-0.2, -0.15) is 4.72 Å². The molecular formula is C21H33NO8S. The van der Waals surface area contributed by atoms with Gasteiger partial charge in [-0.05, 0) is 60.6 Å². The lowest BCUT2D eigenvalue weighted by molar-refractivity contribution is -0.179. The molecule has 0 aliphatic carbocycles. The molecule has 9 nitrogen and oxygen atoms in total. The van der Waals surface area contributed by atoms with Crippen molar-refractivity contribution in [2.75, 3.05) is 6.61 Å². The van der Waals surface area contributed by atoms with E-state index in [1.807, 2.05) is 6.92 Å². The highest BCUT2D eigenvalue weighted by atomic mass is 32.2. The molecule has 176 valence electrons. The average Bonchev–Trinajstić information content (AvgIpc) is 2.94. The number of aryl methyl sites for hydroxylation is 1. The van der Waals surface area contributed by atoms with Crippen LogP contribution in [0, 0.1) is 6.92 Å². The monoisotopic (exact) mass is 459 g/mol. The van der Waals surface area contributed by atoms with Crippen LogP contribution in [0.2, 0.25) is 0 Å². The van der Waals surface area contributed by atoms with Crippen molar-refractivity contribution >= 4 is 16.0 Å². The van der Waals surface area contributed by atoms with Gasteiger partial charge in [0.25, 0.3) is 0 Å². The Kier molecular flexibility index (Phi) is 7.26. The summed E-state index contributed by atoms with van der Waals surface area (Å²) < 4.78 is 45.2. The SMILES string of the molecule is Cc1ccc(S(=O)(=O)NC(C)(C(=O)OC(C)(C)C)C(O)C2OC(C)(C)OC2CO)cc1. The van der Waals surface area contributed by atoms with Crippen molar-refractivity contribution in [3.8, 4) is 0 Å². The van der Waals surface area contributed by atoms with Gasteiger partial charge >= 0.3 is 5.97 Å². The number of sulfonamides is 1. The Bertz CT molecular complexity index is 891.